The Labute approximate surface area is 157 Å². The molecule has 0 spiro atoms. The molecule has 0 radical (unpaired) electrons. The molecule has 1 heterocycles. The molecule has 5 nitrogen and oxygen atoms in total. The zero-order chi connectivity index (χ0) is 19.3. The maximum Gasteiger partial charge on any atom is 0.339 e. The van der Waals surface area contributed by atoms with Crippen molar-refractivity contribution in [1.82, 2.24) is 9.47 Å². The predicted octanol–water partition coefficient (Wildman–Crippen LogP) is 3.80. The molecule has 0 atom stereocenters. The lowest BCUT2D eigenvalue weighted by Crippen LogP contribution is -2.25. The maximum absolute atomic E-state index is 13.0. The molecule has 136 valence electrons. The van der Waals surface area contributed by atoms with Gasteiger partial charge >= 0.3 is 5.97 Å². The van der Waals surface area contributed by atoms with Gasteiger partial charge < -0.3 is 9.30 Å². The molecule has 0 saturated heterocycles. The van der Waals surface area contributed by atoms with Crippen LogP contribution in [0.4, 0.5) is 4.39 Å². The van der Waals surface area contributed by atoms with E-state index in [1.165, 1.54) is 18.2 Å². The summed E-state index contributed by atoms with van der Waals surface area (Å²) < 4.78 is 20.2. The molecule has 1 aromatic heterocycles. The molecular formula is C19H20FN3O2S. The Kier molecular flexibility index (Phi) is 6.61. The molecule has 2 rings (SSSR count). The van der Waals surface area contributed by atoms with E-state index in [9.17, 15) is 14.4 Å². The van der Waals surface area contributed by atoms with Gasteiger partial charge in [0, 0.05) is 12.2 Å². The van der Waals surface area contributed by atoms with Crippen LogP contribution >= 0.6 is 12.2 Å². The third kappa shape index (κ3) is 4.54. The molecule has 2 aromatic rings. The van der Waals surface area contributed by atoms with Gasteiger partial charge in [0.15, 0.2) is 0 Å². The molecular weight excluding hydrogens is 353 g/mol. The van der Waals surface area contributed by atoms with Gasteiger partial charge in [0.1, 0.15) is 16.5 Å². The average Bonchev–Trinajstić information content (AvgIpc) is 2.61. The van der Waals surface area contributed by atoms with Gasteiger partial charge in [-0.05, 0) is 44.7 Å². The van der Waals surface area contributed by atoms with Crippen LogP contribution in [0.2, 0.25) is 0 Å². The molecule has 0 N–H and O–H groups in total. The third-order valence-electron chi connectivity index (χ3n) is 3.92. The number of esters is 1. The number of ether oxygens (including phenoxy) is 1. The molecule has 26 heavy (non-hydrogen) atoms. The first-order chi connectivity index (χ1) is 12.4. The molecule has 0 bridgehead atoms. The van der Waals surface area contributed by atoms with E-state index < -0.39 is 5.97 Å². The Hall–Kier alpha value is -2.56. The highest BCUT2D eigenvalue weighted by molar-refractivity contribution is 7.71. The summed E-state index contributed by atoms with van der Waals surface area (Å²) in [5.74, 6) is -0.762. The van der Waals surface area contributed by atoms with Crippen molar-refractivity contribution in [2.75, 3.05) is 13.7 Å². The first-order valence-electron chi connectivity index (χ1n) is 8.12. The van der Waals surface area contributed by atoms with Crippen molar-refractivity contribution in [3.63, 3.8) is 0 Å². The van der Waals surface area contributed by atoms with Crippen molar-refractivity contribution in [3.8, 4) is 6.07 Å². The number of carbonyl (C=O) groups is 1. The molecule has 0 aliphatic carbocycles. The number of aromatic nitrogens is 1. The number of rotatable bonds is 6. The van der Waals surface area contributed by atoms with Crippen LogP contribution in [0.15, 0.2) is 30.3 Å². The second kappa shape index (κ2) is 8.70. The maximum atomic E-state index is 13.0. The number of hydrogen-bond donors (Lipinski definition) is 0. The van der Waals surface area contributed by atoms with E-state index in [0.717, 1.165) is 5.56 Å². The van der Waals surface area contributed by atoms with Crippen molar-refractivity contribution in [3.05, 3.63) is 63.2 Å². The van der Waals surface area contributed by atoms with Crippen molar-refractivity contribution in [1.29, 1.82) is 5.26 Å². The Morgan fingerprint density at radius 3 is 2.62 bits per heavy atom. The first-order valence-corrected chi connectivity index (χ1v) is 8.52. The van der Waals surface area contributed by atoms with Crippen LogP contribution in [0.1, 0.15) is 34.1 Å². The van der Waals surface area contributed by atoms with E-state index in [1.807, 2.05) is 18.0 Å². The number of nitrogens with zero attached hydrogens (tertiary/aromatic N) is 3. The molecule has 0 aliphatic heterocycles. The fraction of sp³-hybridized carbons (Fsp3) is 0.316. The fourth-order valence-electron chi connectivity index (χ4n) is 2.61. The number of pyridine rings is 1. The van der Waals surface area contributed by atoms with Crippen molar-refractivity contribution < 1.29 is 13.9 Å². The van der Waals surface area contributed by atoms with Crippen LogP contribution in [-0.4, -0.2) is 29.1 Å². The third-order valence-corrected chi connectivity index (χ3v) is 4.36. The van der Waals surface area contributed by atoms with Gasteiger partial charge in [-0.15, -0.1) is 0 Å². The second-order valence-corrected chi connectivity index (χ2v) is 6.29. The smallest absolute Gasteiger partial charge is 0.339 e. The summed E-state index contributed by atoms with van der Waals surface area (Å²) >= 11 is 5.40. The highest BCUT2D eigenvalue weighted by Crippen LogP contribution is 2.17. The van der Waals surface area contributed by atoms with Crippen molar-refractivity contribution in [2.24, 2.45) is 0 Å². The van der Waals surface area contributed by atoms with Crippen molar-refractivity contribution in [2.45, 2.75) is 27.1 Å². The van der Waals surface area contributed by atoms with Crippen LogP contribution in [0, 0.1) is 28.7 Å². The lowest BCUT2D eigenvalue weighted by molar-refractivity contribution is 0.0523. The fourth-order valence-corrected chi connectivity index (χ4v) is 2.91. The highest BCUT2D eigenvalue weighted by Gasteiger charge is 2.17. The van der Waals surface area contributed by atoms with Gasteiger partial charge in [0.2, 0.25) is 0 Å². The largest absolute Gasteiger partial charge is 0.462 e. The Morgan fingerprint density at radius 1 is 1.38 bits per heavy atom. The van der Waals surface area contributed by atoms with E-state index in [-0.39, 0.29) is 18.0 Å². The predicted molar refractivity (Wildman–Crippen MR) is 98.5 cm³/mol. The first kappa shape index (κ1) is 19.8. The normalized spacial score (nSPS) is 10.6. The number of halogens is 1. The molecule has 0 fully saturated rings. The number of nitriles is 1. The molecule has 0 amide bonds. The minimum atomic E-state index is -0.480. The number of carbonyl (C=O) groups excluding carboxylic acids is 1. The number of benzene rings is 1. The Morgan fingerprint density at radius 2 is 2.04 bits per heavy atom. The van der Waals surface area contributed by atoms with Crippen LogP contribution in [0.25, 0.3) is 0 Å². The molecule has 0 aliphatic rings. The van der Waals surface area contributed by atoms with Gasteiger partial charge in [-0.2, -0.15) is 5.26 Å². The summed E-state index contributed by atoms with van der Waals surface area (Å²) in [7, 11) is 1.88. The van der Waals surface area contributed by atoms with Gasteiger partial charge in [-0.1, -0.05) is 24.4 Å². The van der Waals surface area contributed by atoms with Crippen LogP contribution in [-0.2, 0) is 18.0 Å². The molecule has 0 unspecified atom stereocenters. The topological polar surface area (TPSA) is 58.3 Å². The number of hydrogen-bond acceptors (Lipinski definition) is 5. The van der Waals surface area contributed by atoms with Crippen molar-refractivity contribution >= 4 is 18.2 Å². The van der Waals surface area contributed by atoms with Gasteiger partial charge in [-0.25, -0.2) is 9.18 Å². The van der Waals surface area contributed by atoms with E-state index in [4.69, 9.17) is 17.0 Å². The molecule has 1 aromatic carbocycles. The van der Waals surface area contributed by atoms with E-state index in [0.29, 0.717) is 29.1 Å². The summed E-state index contributed by atoms with van der Waals surface area (Å²) in [6, 6.07) is 9.77. The van der Waals surface area contributed by atoms with Crippen LogP contribution in [0.3, 0.4) is 0 Å². The van der Waals surface area contributed by atoms with Crippen LogP contribution in [0.5, 0.6) is 0 Å². The zero-order valence-electron chi connectivity index (χ0n) is 15.0. The Balaban J connectivity index is 2.33. The quantitative estimate of drug-likeness (QED) is 0.569. The molecule has 7 heteroatoms. The van der Waals surface area contributed by atoms with Gasteiger partial charge in [0.05, 0.1) is 24.4 Å². The van der Waals surface area contributed by atoms with Gasteiger partial charge in [0.25, 0.3) is 0 Å². The minimum Gasteiger partial charge on any atom is -0.462 e. The summed E-state index contributed by atoms with van der Waals surface area (Å²) in [5.41, 5.74) is 2.16. The molecule has 0 saturated carbocycles. The summed E-state index contributed by atoms with van der Waals surface area (Å²) in [6.45, 7) is 4.69. The van der Waals surface area contributed by atoms with E-state index in [2.05, 4.69) is 0 Å². The van der Waals surface area contributed by atoms with Crippen LogP contribution < -0.4 is 0 Å². The minimum absolute atomic E-state index is 0.250. The SMILES string of the molecule is CCOC(=O)c1cc(C#N)c(=S)n(CN(C)Cc2ccc(F)cc2)c1C. The van der Waals surface area contributed by atoms with Gasteiger partial charge in [-0.3, -0.25) is 4.90 Å². The van der Waals surface area contributed by atoms with E-state index in [1.54, 1.807) is 30.5 Å². The summed E-state index contributed by atoms with van der Waals surface area (Å²) in [4.78, 5) is 14.1. The zero-order valence-corrected chi connectivity index (χ0v) is 15.8. The Bertz CT molecular complexity index is 901. The lowest BCUT2D eigenvalue weighted by Gasteiger charge is -2.22. The summed E-state index contributed by atoms with van der Waals surface area (Å²) in [6.07, 6.45) is 0. The van der Waals surface area contributed by atoms with E-state index >= 15 is 0 Å². The second-order valence-electron chi connectivity index (χ2n) is 5.90. The summed E-state index contributed by atoms with van der Waals surface area (Å²) in [5, 5.41) is 9.33. The monoisotopic (exact) mass is 373 g/mol. The standard InChI is InChI=1S/C19H20FN3O2S/c1-4-25-19(24)17-9-15(10-21)18(26)23(13(17)2)12-22(3)11-14-5-7-16(20)8-6-14/h5-9H,4,11-12H2,1-3H3. The lowest BCUT2D eigenvalue weighted by atomic mass is 10.1. The highest BCUT2D eigenvalue weighted by atomic mass is 32.1. The average molecular weight is 373 g/mol.